The second-order valence-electron chi connectivity index (χ2n) is 8.17. The first-order valence-electron chi connectivity index (χ1n) is 11.2. The minimum absolute atomic E-state index is 0.101. The van der Waals surface area contributed by atoms with E-state index in [2.05, 4.69) is 49.7 Å². The summed E-state index contributed by atoms with van der Waals surface area (Å²) in [5.41, 5.74) is 4.62. The average molecular weight is 441 g/mol. The van der Waals surface area contributed by atoms with Crippen molar-refractivity contribution in [1.82, 2.24) is 30.1 Å². The second-order valence-corrected chi connectivity index (χ2v) is 8.17. The Balaban J connectivity index is 1.40. The van der Waals surface area contributed by atoms with Crippen molar-refractivity contribution >= 4 is 5.57 Å². The van der Waals surface area contributed by atoms with Gasteiger partial charge < -0.3 is 0 Å². The lowest BCUT2D eigenvalue weighted by Gasteiger charge is -2.33. The minimum atomic E-state index is -0.212. The molecule has 0 N–H and O–H groups in total. The first kappa shape index (κ1) is 21.2. The van der Waals surface area contributed by atoms with Gasteiger partial charge in [-0.1, -0.05) is 54.6 Å². The normalized spacial score (nSPS) is 15.2. The van der Waals surface area contributed by atoms with Crippen molar-refractivity contribution in [2.24, 2.45) is 0 Å². The van der Waals surface area contributed by atoms with Crippen LogP contribution in [0.1, 0.15) is 35.0 Å². The van der Waals surface area contributed by atoms with Gasteiger partial charge in [-0.05, 0) is 63.7 Å². The third-order valence-electron chi connectivity index (χ3n) is 6.08. The third kappa shape index (κ3) is 4.88. The molecule has 0 aliphatic carbocycles. The molecule has 33 heavy (non-hydrogen) atoms. The minimum Gasteiger partial charge on any atom is -0.286 e. The number of rotatable bonds is 7. The molecule has 1 atom stereocenters. The van der Waals surface area contributed by atoms with Gasteiger partial charge in [-0.3, -0.25) is 9.88 Å². The van der Waals surface area contributed by atoms with E-state index in [4.69, 9.17) is 0 Å². The molecule has 5 rings (SSSR count). The van der Waals surface area contributed by atoms with Gasteiger partial charge in [0.05, 0.1) is 6.04 Å². The van der Waals surface area contributed by atoms with Crippen molar-refractivity contribution in [1.29, 1.82) is 0 Å². The Kier molecular flexibility index (Phi) is 6.30. The molecule has 4 aromatic rings. The molecule has 0 radical (unpaired) electrons. The van der Waals surface area contributed by atoms with E-state index in [9.17, 15) is 4.39 Å². The molecule has 1 aliphatic rings. The van der Waals surface area contributed by atoms with Gasteiger partial charge in [-0.25, -0.2) is 9.07 Å². The Labute approximate surface area is 192 Å². The van der Waals surface area contributed by atoms with E-state index in [1.54, 1.807) is 6.20 Å². The van der Waals surface area contributed by atoms with Crippen LogP contribution in [0, 0.1) is 5.82 Å². The van der Waals surface area contributed by atoms with Gasteiger partial charge in [0.25, 0.3) is 0 Å². The standard InChI is InChI=1S/C26H25FN6/c27-24-10-8-21(9-11-24)22-13-16-32(17-14-22)25(23-7-4-15-28-19-23)26-29-30-31-33(26)18-12-20-5-2-1-3-6-20/h1-11,13,15,19,25H,12,14,16-18H2/t25-/m0/s1. The largest absolute Gasteiger partial charge is 0.286 e. The number of halogens is 1. The highest BCUT2D eigenvalue weighted by Gasteiger charge is 2.29. The van der Waals surface area contributed by atoms with Crippen LogP contribution in [0.4, 0.5) is 4.39 Å². The lowest BCUT2D eigenvalue weighted by atomic mass is 9.97. The van der Waals surface area contributed by atoms with Crippen LogP contribution in [0.15, 0.2) is 85.2 Å². The van der Waals surface area contributed by atoms with E-state index >= 15 is 0 Å². The maximum Gasteiger partial charge on any atom is 0.173 e. The molecule has 0 saturated heterocycles. The summed E-state index contributed by atoms with van der Waals surface area (Å²) >= 11 is 0. The summed E-state index contributed by atoms with van der Waals surface area (Å²) in [6.45, 7) is 2.29. The van der Waals surface area contributed by atoms with Crippen LogP contribution < -0.4 is 0 Å². The fourth-order valence-electron chi connectivity index (χ4n) is 4.35. The highest BCUT2D eigenvalue weighted by Crippen LogP contribution is 2.31. The van der Waals surface area contributed by atoms with Gasteiger partial charge in [0.2, 0.25) is 0 Å². The lowest BCUT2D eigenvalue weighted by molar-refractivity contribution is 0.234. The summed E-state index contributed by atoms with van der Waals surface area (Å²) in [6, 6.07) is 21.0. The van der Waals surface area contributed by atoms with Crippen molar-refractivity contribution in [2.45, 2.75) is 25.4 Å². The highest BCUT2D eigenvalue weighted by molar-refractivity contribution is 5.66. The van der Waals surface area contributed by atoms with E-state index in [1.807, 2.05) is 47.3 Å². The molecule has 0 amide bonds. The van der Waals surface area contributed by atoms with E-state index in [0.29, 0.717) is 6.54 Å². The molecule has 1 aliphatic heterocycles. The number of aryl methyl sites for hydroxylation is 2. The van der Waals surface area contributed by atoms with Crippen molar-refractivity contribution in [2.75, 3.05) is 13.1 Å². The molecule has 6 nitrogen and oxygen atoms in total. The van der Waals surface area contributed by atoms with Gasteiger partial charge >= 0.3 is 0 Å². The first-order chi connectivity index (χ1) is 16.3. The zero-order chi connectivity index (χ0) is 22.5. The van der Waals surface area contributed by atoms with Crippen LogP contribution in [0.2, 0.25) is 0 Å². The molecule has 7 heteroatoms. The van der Waals surface area contributed by atoms with Crippen LogP contribution in [0.3, 0.4) is 0 Å². The third-order valence-corrected chi connectivity index (χ3v) is 6.08. The van der Waals surface area contributed by atoms with Gasteiger partial charge in [0.1, 0.15) is 5.82 Å². The topological polar surface area (TPSA) is 59.7 Å². The number of benzene rings is 2. The Bertz CT molecular complexity index is 1200. The van der Waals surface area contributed by atoms with Crippen LogP contribution in [0.5, 0.6) is 0 Å². The zero-order valence-electron chi connectivity index (χ0n) is 18.3. The predicted molar refractivity (Wildman–Crippen MR) is 125 cm³/mol. The molecular formula is C26H25FN6. The van der Waals surface area contributed by atoms with E-state index in [-0.39, 0.29) is 11.9 Å². The summed E-state index contributed by atoms with van der Waals surface area (Å²) in [6.07, 6.45) is 7.61. The fraction of sp³-hybridized carbons (Fsp3) is 0.231. The number of aromatic nitrogens is 5. The zero-order valence-corrected chi connectivity index (χ0v) is 18.3. The molecule has 2 aromatic carbocycles. The molecule has 0 unspecified atom stereocenters. The predicted octanol–water partition coefficient (Wildman–Crippen LogP) is 4.33. The monoisotopic (exact) mass is 440 g/mol. The Morgan fingerprint density at radius 1 is 0.970 bits per heavy atom. The number of hydrogen-bond acceptors (Lipinski definition) is 5. The fourth-order valence-corrected chi connectivity index (χ4v) is 4.35. The van der Waals surface area contributed by atoms with Crippen molar-refractivity contribution in [3.05, 3.63) is 114 Å². The van der Waals surface area contributed by atoms with Crippen molar-refractivity contribution in [3.8, 4) is 0 Å². The molecular weight excluding hydrogens is 415 g/mol. The van der Waals surface area contributed by atoms with Gasteiger partial charge in [0.15, 0.2) is 5.82 Å². The SMILES string of the molecule is Fc1ccc(C2=CCN([C@@H](c3cccnc3)c3nnnn3CCc3ccccc3)CC2)cc1. The van der Waals surface area contributed by atoms with E-state index in [0.717, 1.165) is 42.9 Å². The van der Waals surface area contributed by atoms with Crippen LogP contribution in [-0.4, -0.2) is 43.2 Å². The molecule has 0 saturated carbocycles. The van der Waals surface area contributed by atoms with Gasteiger partial charge in [-0.2, -0.15) is 0 Å². The Morgan fingerprint density at radius 3 is 2.55 bits per heavy atom. The summed E-state index contributed by atoms with van der Waals surface area (Å²) in [4.78, 5) is 6.72. The summed E-state index contributed by atoms with van der Waals surface area (Å²) in [5, 5.41) is 12.7. The highest BCUT2D eigenvalue weighted by atomic mass is 19.1. The molecule has 0 bridgehead atoms. The second kappa shape index (κ2) is 9.83. The van der Waals surface area contributed by atoms with Crippen LogP contribution in [0.25, 0.3) is 5.57 Å². The quantitative estimate of drug-likeness (QED) is 0.428. The summed E-state index contributed by atoms with van der Waals surface area (Å²) in [7, 11) is 0. The number of nitrogens with zero attached hydrogens (tertiary/aromatic N) is 6. The summed E-state index contributed by atoms with van der Waals surface area (Å²) < 4.78 is 15.2. The van der Waals surface area contributed by atoms with Crippen molar-refractivity contribution in [3.63, 3.8) is 0 Å². The maximum atomic E-state index is 13.3. The maximum absolute atomic E-state index is 13.3. The summed E-state index contributed by atoms with van der Waals surface area (Å²) in [5.74, 6) is 0.605. The molecule has 0 fully saturated rings. The smallest absolute Gasteiger partial charge is 0.173 e. The molecule has 2 aromatic heterocycles. The Morgan fingerprint density at radius 2 is 1.82 bits per heavy atom. The van der Waals surface area contributed by atoms with Crippen molar-refractivity contribution < 1.29 is 4.39 Å². The number of pyridine rings is 1. The Hall–Kier alpha value is -3.71. The van der Waals surface area contributed by atoms with Gasteiger partial charge in [-0.15, -0.1) is 5.10 Å². The first-order valence-corrected chi connectivity index (χ1v) is 11.2. The van der Waals surface area contributed by atoms with E-state index in [1.165, 1.54) is 23.3 Å². The number of hydrogen-bond donors (Lipinski definition) is 0. The average Bonchev–Trinajstić information content (AvgIpc) is 3.33. The number of tetrazole rings is 1. The molecule has 3 heterocycles. The molecule has 0 spiro atoms. The van der Waals surface area contributed by atoms with Crippen LogP contribution in [-0.2, 0) is 13.0 Å². The van der Waals surface area contributed by atoms with Gasteiger partial charge in [0, 0.05) is 32.0 Å². The molecule has 166 valence electrons. The lowest BCUT2D eigenvalue weighted by Crippen LogP contribution is -2.35. The van der Waals surface area contributed by atoms with E-state index < -0.39 is 0 Å². The van der Waals surface area contributed by atoms with Crippen LogP contribution >= 0.6 is 0 Å².